The first kappa shape index (κ1) is 20.0. The molecule has 0 aliphatic carbocycles. The van der Waals surface area contributed by atoms with Gasteiger partial charge in [-0.05, 0) is 40.6 Å². The number of ether oxygens (including phenoxy) is 1. The Balaban J connectivity index is 1.78. The molecule has 0 bridgehead atoms. The summed E-state index contributed by atoms with van der Waals surface area (Å²) in [6, 6.07) is 13.9. The smallest absolute Gasteiger partial charge is 0.336 e. The molecule has 2 N–H and O–H groups in total. The molecule has 1 aliphatic rings. The summed E-state index contributed by atoms with van der Waals surface area (Å²) in [7, 11) is 1.22. The molecule has 2 aromatic carbocycles. The molecule has 0 unspecified atom stereocenters. The number of carbonyl (C=O) groups excluding carboxylic acids is 2. The molecule has 1 aliphatic heterocycles. The normalized spacial score (nSPS) is 16.4. The van der Waals surface area contributed by atoms with Gasteiger partial charge in [0.15, 0.2) is 5.17 Å². The first-order chi connectivity index (χ1) is 14.0. The van der Waals surface area contributed by atoms with Crippen molar-refractivity contribution in [2.24, 2.45) is 10.2 Å². The number of rotatable bonds is 5. The van der Waals surface area contributed by atoms with Gasteiger partial charge in [-0.1, -0.05) is 36.4 Å². The number of carboxylic acids is 1. The van der Waals surface area contributed by atoms with Crippen LogP contribution in [0.25, 0.3) is 11.1 Å². The molecular formula is C20H15N3O5S. The molecule has 0 saturated carbocycles. The number of benzene rings is 2. The average Bonchev–Trinajstić information content (AvgIpc) is 3.07. The fourth-order valence-electron chi connectivity index (χ4n) is 2.50. The van der Waals surface area contributed by atoms with Crippen molar-refractivity contribution in [2.75, 3.05) is 7.11 Å². The van der Waals surface area contributed by atoms with Gasteiger partial charge in [0.2, 0.25) is 0 Å². The summed E-state index contributed by atoms with van der Waals surface area (Å²) in [6.45, 7) is 0. The number of amides is 1. The number of esters is 1. The number of hydrogen-bond donors (Lipinski definition) is 2. The SMILES string of the molecule is COC(=O)/C=C1/S/C(=N\N=Cc2cccc(-c3ccccc3C(=O)O)c2)NC1=O. The number of nitrogens with zero attached hydrogens (tertiary/aromatic N) is 2. The molecule has 0 aromatic heterocycles. The molecule has 1 fully saturated rings. The van der Waals surface area contributed by atoms with Gasteiger partial charge in [0.05, 0.1) is 23.8 Å². The Morgan fingerprint density at radius 1 is 1.17 bits per heavy atom. The molecule has 1 saturated heterocycles. The van der Waals surface area contributed by atoms with E-state index in [0.29, 0.717) is 11.1 Å². The van der Waals surface area contributed by atoms with E-state index in [1.54, 1.807) is 42.5 Å². The molecule has 2 aromatic rings. The number of methoxy groups -OCH3 is 1. The van der Waals surface area contributed by atoms with Gasteiger partial charge in [0.1, 0.15) is 0 Å². The Morgan fingerprint density at radius 2 is 1.97 bits per heavy atom. The number of carboxylic acid groups (broad SMARTS) is 1. The molecule has 8 nitrogen and oxygen atoms in total. The fourth-order valence-corrected chi connectivity index (χ4v) is 3.24. The summed E-state index contributed by atoms with van der Waals surface area (Å²) >= 11 is 0.973. The monoisotopic (exact) mass is 409 g/mol. The van der Waals surface area contributed by atoms with Crippen LogP contribution in [0.3, 0.4) is 0 Å². The van der Waals surface area contributed by atoms with Crippen LogP contribution in [0.15, 0.2) is 69.7 Å². The lowest BCUT2D eigenvalue weighted by atomic mass is 9.98. The van der Waals surface area contributed by atoms with Crippen molar-refractivity contribution in [1.82, 2.24) is 5.32 Å². The second-order valence-corrected chi connectivity index (χ2v) is 6.74. The molecule has 1 heterocycles. The third-order valence-corrected chi connectivity index (χ3v) is 4.71. The van der Waals surface area contributed by atoms with E-state index in [1.165, 1.54) is 13.3 Å². The van der Waals surface area contributed by atoms with Crippen molar-refractivity contribution in [3.05, 3.63) is 70.6 Å². The number of aromatic carboxylic acids is 1. The second kappa shape index (κ2) is 8.98. The van der Waals surface area contributed by atoms with Crippen molar-refractivity contribution in [3.8, 4) is 11.1 Å². The van der Waals surface area contributed by atoms with Crippen LogP contribution in [-0.4, -0.2) is 41.4 Å². The van der Waals surface area contributed by atoms with Crippen molar-refractivity contribution in [2.45, 2.75) is 0 Å². The highest BCUT2D eigenvalue weighted by molar-refractivity contribution is 8.18. The van der Waals surface area contributed by atoms with Crippen molar-refractivity contribution in [3.63, 3.8) is 0 Å². The molecule has 0 spiro atoms. The zero-order valence-electron chi connectivity index (χ0n) is 15.2. The second-order valence-electron chi connectivity index (χ2n) is 5.71. The highest BCUT2D eigenvalue weighted by Crippen LogP contribution is 2.25. The maximum Gasteiger partial charge on any atom is 0.336 e. The number of amidine groups is 1. The molecule has 0 radical (unpaired) electrons. The Kier molecular flexibility index (Phi) is 6.20. The minimum Gasteiger partial charge on any atom is -0.478 e. The standard InChI is InChI=1S/C20H15N3O5S/c1-28-17(24)10-16-18(25)22-20(29-16)23-21-11-12-5-4-6-13(9-12)14-7-2-3-8-15(14)19(26)27/h2-11H,1H3,(H,26,27)(H,22,23,25)/b16-10+,21-11?. The third-order valence-electron chi connectivity index (χ3n) is 3.81. The van der Waals surface area contributed by atoms with E-state index >= 15 is 0 Å². The van der Waals surface area contributed by atoms with E-state index in [2.05, 4.69) is 20.3 Å². The first-order valence-electron chi connectivity index (χ1n) is 8.30. The van der Waals surface area contributed by atoms with E-state index in [-0.39, 0.29) is 15.6 Å². The fraction of sp³-hybridized carbons (Fsp3) is 0.0500. The van der Waals surface area contributed by atoms with E-state index < -0.39 is 17.8 Å². The van der Waals surface area contributed by atoms with Crippen LogP contribution in [0, 0.1) is 0 Å². The summed E-state index contributed by atoms with van der Waals surface area (Å²) in [4.78, 5) is 34.6. The van der Waals surface area contributed by atoms with Crippen molar-refractivity contribution in [1.29, 1.82) is 0 Å². The molecule has 9 heteroatoms. The number of carbonyl (C=O) groups is 3. The number of hydrogen-bond acceptors (Lipinski definition) is 7. The Bertz CT molecular complexity index is 1080. The summed E-state index contributed by atoms with van der Waals surface area (Å²) in [6.07, 6.45) is 2.56. The molecule has 29 heavy (non-hydrogen) atoms. The number of thioether (sulfide) groups is 1. The zero-order valence-corrected chi connectivity index (χ0v) is 16.0. The van der Waals surface area contributed by atoms with Crippen LogP contribution < -0.4 is 5.32 Å². The van der Waals surface area contributed by atoms with Crippen LogP contribution in [0.1, 0.15) is 15.9 Å². The zero-order chi connectivity index (χ0) is 20.8. The van der Waals surface area contributed by atoms with Crippen molar-refractivity contribution < 1.29 is 24.2 Å². The first-order valence-corrected chi connectivity index (χ1v) is 9.12. The summed E-state index contributed by atoms with van der Waals surface area (Å²) in [5.41, 5.74) is 2.23. The highest BCUT2D eigenvalue weighted by Gasteiger charge is 2.25. The predicted molar refractivity (Wildman–Crippen MR) is 110 cm³/mol. The molecule has 146 valence electrons. The van der Waals surface area contributed by atoms with Crippen LogP contribution in [0.5, 0.6) is 0 Å². The maximum absolute atomic E-state index is 11.8. The quantitative estimate of drug-likeness (QED) is 0.339. The molecule has 1 amide bonds. The number of nitrogens with one attached hydrogen (secondary N) is 1. The van der Waals surface area contributed by atoms with Gasteiger partial charge in [0, 0.05) is 6.08 Å². The van der Waals surface area contributed by atoms with E-state index in [1.807, 2.05) is 6.07 Å². The third kappa shape index (κ3) is 4.96. The van der Waals surface area contributed by atoms with Crippen LogP contribution >= 0.6 is 11.8 Å². The van der Waals surface area contributed by atoms with Gasteiger partial charge in [-0.3, -0.25) is 10.1 Å². The molecule has 3 rings (SSSR count). The molecular weight excluding hydrogens is 394 g/mol. The Morgan fingerprint density at radius 3 is 2.72 bits per heavy atom. The lowest BCUT2D eigenvalue weighted by Gasteiger charge is -2.06. The van der Waals surface area contributed by atoms with Gasteiger partial charge >= 0.3 is 11.9 Å². The van der Waals surface area contributed by atoms with Crippen LogP contribution in [-0.2, 0) is 14.3 Å². The van der Waals surface area contributed by atoms with E-state index in [9.17, 15) is 19.5 Å². The largest absolute Gasteiger partial charge is 0.478 e. The van der Waals surface area contributed by atoms with Gasteiger partial charge in [-0.25, -0.2) is 9.59 Å². The summed E-state index contributed by atoms with van der Waals surface area (Å²) in [5, 5.41) is 20.0. The maximum atomic E-state index is 11.8. The average molecular weight is 409 g/mol. The molecule has 0 atom stereocenters. The highest BCUT2D eigenvalue weighted by atomic mass is 32.2. The van der Waals surface area contributed by atoms with Gasteiger partial charge < -0.3 is 9.84 Å². The lowest BCUT2D eigenvalue weighted by molar-refractivity contribution is -0.135. The van der Waals surface area contributed by atoms with Crippen molar-refractivity contribution >= 4 is 41.0 Å². The Labute approximate surface area is 170 Å². The van der Waals surface area contributed by atoms with Gasteiger partial charge in [0.25, 0.3) is 5.91 Å². The van der Waals surface area contributed by atoms with Crippen LogP contribution in [0.2, 0.25) is 0 Å². The summed E-state index contributed by atoms with van der Waals surface area (Å²) in [5.74, 6) is -2.09. The van der Waals surface area contributed by atoms with E-state index in [0.717, 1.165) is 23.4 Å². The summed E-state index contributed by atoms with van der Waals surface area (Å²) < 4.78 is 4.49. The minimum atomic E-state index is -1.00. The predicted octanol–water partition coefficient (Wildman–Crippen LogP) is 2.66. The minimum absolute atomic E-state index is 0.165. The Hall–Kier alpha value is -3.72. The van der Waals surface area contributed by atoms with E-state index in [4.69, 9.17) is 0 Å². The topological polar surface area (TPSA) is 117 Å². The van der Waals surface area contributed by atoms with Gasteiger partial charge in [-0.15, -0.1) is 5.10 Å². The van der Waals surface area contributed by atoms with Gasteiger partial charge in [-0.2, -0.15) is 5.10 Å². The van der Waals surface area contributed by atoms with Crippen LogP contribution in [0.4, 0.5) is 0 Å². The lowest BCUT2D eigenvalue weighted by Crippen LogP contribution is -2.19.